The summed E-state index contributed by atoms with van der Waals surface area (Å²) in [5, 5.41) is 29.5. The summed E-state index contributed by atoms with van der Waals surface area (Å²) in [6.45, 7) is 4.87. The van der Waals surface area contributed by atoms with Crippen molar-refractivity contribution >= 4 is 70.8 Å². The first-order valence-corrected chi connectivity index (χ1v) is 22.0. The molecule has 370 valence electrons. The number of nitrogens with two attached hydrogens (primary N) is 2. The predicted octanol–water partition coefficient (Wildman–Crippen LogP) is -3.71. The minimum absolute atomic E-state index is 0.0683. The van der Waals surface area contributed by atoms with E-state index in [-0.39, 0.29) is 30.9 Å². The second kappa shape index (κ2) is 28.0. The zero-order valence-electron chi connectivity index (χ0n) is 38.5. The molecule has 24 heteroatoms. The van der Waals surface area contributed by atoms with Gasteiger partial charge in [-0.15, -0.1) is 0 Å². The molecule has 0 bridgehead atoms. The summed E-state index contributed by atoms with van der Waals surface area (Å²) in [6, 6.07) is -3.12. The van der Waals surface area contributed by atoms with Gasteiger partial charge < -0.3 is 64.0 Å². The minimum atomic E-state index is -1.82. The summed E-state index contributed by atoms with van der Waals surface area (Å²) in [7, 11) is 1.19. The lowest BCUT2D eigenvalue weighted by atomic mass is 9.96. The van der Waals surface area contributed by atoms with Crippen molar-refractivity contribution in [1.82, 2.24) is 47.4 Å². The van der Waals surface area contributed by atoms with Crippen molar-refractivity contribution in [3.05, 3.63) is 29.8 Å². The molecule has 0 aromatic heterocycles. The van der Waals surface area contributed by atoms with Gasteiger partial charge in [-0.05, 0) is 49.8 Å². The normalized spacial score (nSPS) is 21.0. The second-order valence-electron chi connectivity index (χ2n) is 16.4. The Labute approximate surface area is 387 Å². The summed E-state index contributed by atoms with van der Waals surface area (Å²) < 4.78 is 0. The number of primary amides is 2. The standard InChI is InChI=1S/C43H65N11O13/c1-6-8-9-27(38(62)47-20-24(4)55)48-36(61)22-54(5)43(67)29-15-17-34(59)46-21-35(60)49-30(18-25-10-12-26(56)13-11-25)41(65)53-37(23(3)7-2)42(66)50-28(14-16-32(44)57)39(63)52-31(19-33(45)58)40(64)51-29/h10-13,23,27-31,37,56H,6-9,14-22H2,1-5H3,(H2,44,57)(H2,45,58)(H,46,59)(H,47,62)(H,48,61)(H,49,60)(H,50,66)(H,51,64)(H,52,63)(H,53,65)/t23-,27-,28-,29-,30-,31-,37-/m0/s1. The van der Waals surface area contributed by atoms with E-state index in [4.69, 9.17) is 11.5 Å². The second-order valence-corrected chi connectivity index (χ2v) is 16.4. The van der Waals surface area contributed by atoms with Crippen LogP contribution in [0.15, 0.2) is 24.3 Å². The highest BCUT2D eigenvalue weighted by Gasteiger charge is 2.36. The van der Waals surface area contributed by atoms with Crippen molar-refractivity contribution in [1.29, 1.82) is 0 Å². The van der Waals surface area contributed by atoms with Gasteiger partial charge in [0.2, 0.25) is 65.0 Å². The van der Waals surface area contributed by atoms with Crippen molar-refractivity contribution < 1.29 is 62.6 Å². The van der Waals surface area contributed by atoms with Crippen LogP contribution < -0.4 is 54.0 Å². The number of phenolic OH excluding ortho intramolecular Hbond substituents is 1. The molecule has 0 saturated carbocycles. The topological polar surface area (TPSA) is 377 Å². The molecule has 1 aliphatic rings. The van der Waals surface area contributed by atoms with E-state index in [2.05, 4.69) is 42.5 Å². The number of amides is 11. The number of carbonyl (C=O) groups excluding carboxylic acids is 12. The Kier molecular flexibility index (Phi) is 23.4. The van der Waals surface area contributed by atoms with Gasteiger partial charge in [0.15, 0.2) is 0 Å². The number of unbranched alkanes of at least 4 members (excludes halogenated alkanes) is 1. The van der Waals surface area contributed by atoms with Gasteiger partial charge in [-0.3, -0.25) is 57.5 Å². The molecule has 0 spiro atoms. The van der Waals surface area contributed by atoms with Gasteiger partial charge in [0.05, 0.1) is 26.1 Å². The number of phenols is 1. The van der Waals surface area contributed by atoms with Crippen LogP contribution in [0.5, 0.6) is 5.75 Å². The van der Waals surface area contributed by atoms with Crippen LogP contribution in [0, 0.1) is 5.92 Å². The predicted molar refractivity (Wildman–Crippen MR) is 238 cm³/mol. The highest BCUT2D eigenvalue weighted by Crippen LogP contribution is 2.14. The lowest BCUT2D eigenvalue weighted by molar-refractivity contribution is -0.140. The van der Waals surface area contributed by atoms with Gasteiger partial charge in [0.25, 0.3) is 0 Å². The van der Waals surface area contributed by atoms with Crippen molar-refractivity contribution in [2.24, 2.45) is 17.4 Å². The molecule has 0 aliphatic carbocycles. The van der Waals surface area contributed by atoms with Crippen LogP contribution in [0.25, 0.3) is 0 Å². The van der Waals surface area contributed by atoms with Gasteiger partial charge in [-0.2, -0.15) is 0 Å². The zero-order valence-corrected chi connectivity index (χ0v) is 38.5. The number of hydrogen-bond acceptors (Lipinski definition) is 13. The molecule has 0 radical (unpaired) electrons. The smallest absolute Gasteiger partial charge is 0.245 e. The van der Waals surface area contributed by atoms with E-state index in [0.717, 1.165) is 4.90 Å². The summed E-state index contributed by atoms with van der Waals surface area (Å²) in [4.78, 5) is 159. The molecule has 1 aromatic rings. The Morgan fingerprint density at radius 1 is 0.821 bits per heavy atom. The molecule has 1 heterocycles. The molecule has 13 N–H and O–H groups in total. The van der Waals surface area contributed by atoms with Crippen LogP contribution in [-0.2, 0) is 64.0 Å². The fourth-order valence-electron chi connectivity index (χ4n) is 6.66. The summed E-state index contributed by atoms with van der Waals surface area (Å²) >= 11 is 0. The number of ketones is 1. The van der Waals surface area contributed by atoms with E-state index in [0.29, 0.717) is 24.8 Å². The van der Waals surface area contributed by atoms with Crippen molar-refractivity contribution in [3.8, 4) is 5.75 Å². The van der Waals surface area contributed by atoms with Crippen LogP contribution in [-0.4, -0.2) is 144 Å². The molecular weight excluding hydrogens is 879 g/mol. The van der Waals surface area contributed by atoms with Crippen LogP contribution in [0.3, 0.4) is 0 Å². The third kappa shape index (κ3) is 20.3. The number of rotatable bonds is 19. The van der Waals surface area contributed by atoms with Crippen LogP contribution in [0.2, 0.25) is 0 Å². The Morgan fingerprint density at radius 2 is 1.45 bits per heavy atom. The first-order chi connectivity index (χ1) is 31.5. The first-order valence-electron chi connectivity index (χ1n) is 22.0. The van der Waals surface area contributed by atoms with E-state index in [1.807, 2.05) is 6.92 Å². The van der Waals surface area contributed by atoms with Crippen LogP contribution >= 0.6 is 0 Å². The zero-order chi connectivity index (χ0) is 50.4. The van der Waals surface area contributed by atoms with Crippen molar-refractivity contribution in [2.75, 3.05) is 26.7 Å². The number of nitrogens with zero attached hydrogens (tertiary/aromatic N) is 1. The fourth-order valence-corrected chi connectivity index (χ4v) is 6.66. The lowest BCUT2D eigenvalue weighted by Gasteiger charge is -2.29. The summed E-state index contributed by atoms with van der Waals surface area (Å²) in [5.74, 6) is -11.0. The number of nitrogens with one attached hydrogen (secondary N) is 8. The Morgan fingerprint density at radius 3 is 2.04 bits per heavy atom. The SMILES string of the molecule is CCCC[C@H](NC(=O)CN(C)C(=O)[C@@H]1CCC(=O)NCC(=O)N[C@@H](Cc2ccc(O)cc2)C(=O)N[C@@H]([C@@H](C)CC)C(=O)N[C@@H](CCC(N)=O)C(=O)N[C@@H](CC(N)=O)C(=O)N1)C(=O)NCC(C)=O. The maximum atomic E-state index is 14.0. The molecule has 1 aromatic carbocycles. The van der Waals surface area contributed by atoms with E-state index in [1.165, 1.54) is 38.2 Å². The minimum Gasteiger partial charge on any atom is -0.508 e. The first kappa shape index (κ1) is 56.0. The number of likely N-dealkylation sites (N-methyl/N-ethyl adjacent to an activating group) is 1. The number of aromatic hydroxyl groups is 1. The van der Waals surface area contributed by atoms with Gasteiger partial charge >= 0.3 is 0 Å². The molecule has 7 atom stereocenters. The van der Waals surface area contributed by atoms with Gasteiger partial charge in [-0.25, -0.2) is 0 Å². The van der Waals surface area contributed by atoms with E-state index >= 15 is 0 Å². The number of carbonyl (C=O) groups is 12. The molecule has 67 heavy (non-hydrogen) atoms. The van der Waals surface area contributed by atoms with E-state index in [9.17, 15) is 62.6 Å². The van der Waals surface area contributed by atoms with Gasteiger partial charge in [0.1, 0.15) is 47.8 Å². The van der Waals surface area contributed by atoms with Gasteiger partial charge in [-0.1, -0.05) is 52.2 Å². The molecular formula is C43H65N11O13. The number of Topliss-reactive ketones (excluding diaryl/α,β-unsaturated/α-hetero) is 1. The molecule has 2 rings (SSSR count). The lowest BCUT2D eigenvalue weighted by Crippen LogP contribution is -2.61. The molecule has 24 nitrogen and oxygen atoms in total. The van der Waals surface area contributed by atoms with Crippen LogP contribution in [0.4, 0.5) is 0 Å². The largest absolute Gasteiger partial charge is 0.508 e. The Balaban J connectivity index is 2.58. The monoisotopic (exact) mass is 943 g/mol. The third-order valence-electron chi connectivity index (χ3n) is 10.7. The summed E-state index contributed by atoms with van der Waals surface area (Å²) in [5.41, 5.74) is 11.3. The average molecular weight is 944 g/mol. The fraction of sp³-hybridized carbons (Fsp3) is 0.581. The molecule has 1 saturated heterocycles. The van der Waals surface area contributed by atoms with Crippen LogP contribution in [0.1, 0.15) is 91.0 Å². The quantitative estimate of drug-likeness (QED) is 0.0637. The van der Waals surface area contributed by atoms with Crippen molar-refractivity contribution in [3.63, 3.8) is 0 Å². The molecule has 1 aliphatic heterocycles. The molecule has 0 unspecified atom stereocenters. The molecule has 11 amide bonds. The Hall–Kier alpha value is -7.14. The number of hydrogen-bond donors (Lipinski definition) is 11. The maximum absolute atomic E-state index is 14.0. The number of benzene rings is 1. The maximum Gasteiger partial charge on any atom is 0.245 e. The highest BCUT2D eigenvalue weighted by molar-refractivity contribution is 5.99. The third-order valence-corrected chi connectivity index (χ3v) is 10.7. The van der Waals surface area contributed by atoms with Crippen molar-refractivity contribution in [2.45, 2.75) is 128 Å². The van der Waals surface area contributed by atoms with E-state index in [1.54, 1.807) is 13.8 Å². The summed E-state index contributed by atoms with van der Waals surface area (Å²) in [6.07, 6.45) is -1.14. The van der Waals surface area contributed by atoms with Gasteiger partial charge in [0, 0.05) is 26.3 Å². The average Bonchev–Trinajstić information content (AvgIpc) is 3.26. The highest BCUT2D eigenvalue weighted by atomic mass is 16.3. The Bertz CT molecular complexity index is 1980. The molecule has 1 fully saturated rings. The van der Waals surface area contributed by atoms with E-state index < -0.39 is 152 Å².